The molecular weight excluding hydrogens is 448 g/mol. The quantitative estimate of drug-likeness (QED) is 0.455. The fourth-order valence-corrected chi connectivity index (χ4v) is 4.22. The van der Waals surface area contributed by atoms with Crippen LogP contribution >= 0.6 is 0 Å². The van der Waals surface area contributed by atoms with E-state index >= 15 is 0 Å². The van der Waals surface area contributed by atoms with Gasteiger partial charge < -0.3 is 24.5 Å². The van der Waals surface area contributed by atoms with E-state index in [1.807, 2.05) is 29.8 Å². The first-order valence-corrected chi connectivity index (χ1v) is 11.8. The first kappa shape index (κ1) is 24.2. The number of aryl methyl sites for hydroxylation is 2. The van der Waals surface area contributed by atoms with Crippen LogP contribution in [0.4, 0.5) is 0 Å². The van der Waals surface area contributed by atoms with E-state index in [0.29, 0.717) is 38.0 Å². The zero-order valence-corrected chi connectivity index (χ0v) is 19.8. The predicted octanol–water partition coefficient (Wildman–Crippen LogP) is 2.14. The van der Waals surface area contributed by atoms with Crippen LogP contribution < -0.4 is 10.6 Å². The summed E-state index contributed by atoms with van der Waals surface area (Å²) in [6, 6.07) is 6.86. The van der Waals surface area contributed by atoms with Crippen molar-refractivity contribution in [3.63, 3.8) is 0 Å². The Morgan fingerprint density at radius 3 is 2.66 bits per heavy atom. The Bertz CT molecular complexity index is 1130. The summed E-state index contributed by atoms with van der Waals surface area (Å²) in [5.41, 5.74) is 2.24. The molecule has 3 aromatic heterocycles. The SMILES string of the molecule is Cc1ccc(C(=O)NCCCn2ccnc2)c(C2CCN(C(=O)CNC(=O)c3ccco3)CC2)n1. The molecule has 0 aromatic carbocycles. The summed E-state index contributed by atoms with van der Waals surface area (Å²) in [7, 11) is 0. The average Bonchev–Trinajstić information content (AvgIpc) is 3.60. The summed E-state index contributed by atoms with van der Waals surface area (Å²) in [6.45, 7) is 4.26. The summed E-state index contributed by atoms with van der Waals surface area (Å²) in [4.78, 5) is 47.9. The molecule has 0 aliphatic carbocycles. The molecule has 184 valence electrons. The fourth-order valence-electron chi connectivity index (χ4n) is 4.22. The Labute approximate surface area is 203 Å². The lowest BCUT2D eigenvalue weighted by atomic mass is 9.89. The largest absolute Gasteiger partial charge is 0.459 e. The Balaban J connectivity index is 1.29. The molecule has 0 radical (unpaired) electrons. The molecule has 4 heterocycles. The Kier molecular flexibility index (Phi) is 7.92. The van der Waals surface area contributed by atoms with Gasteiger partial charge in [-0.1, -0.05) is 0 Å². The van der Waals surface area contributed by atoms with Crippen molar-refractivity contribution < 1.29 is 18.8 Å². The Morgan fingerprint density at radius 1 is 1.11 bits per heavy atom. The van der Waals surface area contributed by atoms with Crippen molar-refractivity contribution in [3.8, 4) is 0 Å². The van der Waals surface area contributed by atoms with Gasteiger partial charge in [-0.3, -0.25) is 19.4 Å². The minimum absolute atomic E-state index is 0.0837. The van der Waals surface area contributed by atoms with E-state index in [4.69, 9.17) is 9.40 Å². The first-order chi connectivity index (χ1) is 17.0. The highest BCUT2D eigenvalue weighted by atomic mass is 16.3. The second-order valence-corrected chi connectivity index (χ2v) is 8.61. The lowest BCUT2D eigenvalue weighted by molar-refractivity contribution is -0.131. The van der Waals surface area contributed by atoms with Gasteiger partial charge in [-0.25, -0.2) is 4.98 Å². The minimum Gasteiger partial charge on any atom is -0.459 e. The molecule has 1 fully saturated rings. The van der Waals surface area contributed by atoms with Crippen LogP contribution in [-0.4, -0.2) is 63.3 Å². The summed E-state index contributed by atoms with van der Waals surface area (Å²) in [6.07, 6.45) is 9.01. The number of hydrogen-bond donors (Lipinski definition) is 2. The standard InChI is InChI=1S/C25H30N6O4/c1-18-5-6-20(24(33)27-9-3-11-30-14-10-26-17-30)23(29-18)19-7-12-31(13-8-19)22(32)16-28-25(34)21-4-2-15-35-21/h2,4-6,10,14-15,17,19H,3,7-9,11-13,16H2,1H3,(H,27,33)(H,28,34). The molecule has 0 bridgehead atoms. The number of piperidine rings is 1. The van der Waals surface area contributed by atoms with E-state index in [-0.39, 0.29) is 30.0 Å². The molecule has 0 spiro atoms. The third kappa shape index (κ3) is 6.34. The van der Waals surface area contributed by atoms with Gasteiger partial charge >= 0.3 is 0 Å². The highest BCUT2D eigenvalue weighted by Crippen LogP contribution is 2.29. The van der Waals surface area contributed by atoms with Crippen LogP contribution in [0.2, 0.25) is 0 Å². The molecule has 1 saturated heterocycles. The molecule has 0 atom stereocenters. The number of carbonyl (C=O) groups excluding carboxylic acids is 3. The number of carbonyl (C=O) groups is 3. The molecule has 3 aromatic rings. The van der Waals surface area contributed by atoms with Crippen LogP contribution in [0.15, 0.2) is 53.7 Å². The van der Waals surface area contributed by atoms with Crippen LogP contribution in [-0.2, 0) is 11.3 Å². The van der Waals surface area contributed by atoms with Gasteiger partial charge in [0, 0.05) is 50.2 Å². The van der Waals surface area contributed by atoms with Crippen molar-refractivity contribution in [1.82, 2.24) is 30.1 Å². The number of furan rings is 1. The first-order valence-electron chi connectivity index (χ1n) is 11.8. The summed E-state index contributed by atoms with van der Waals surface area (Å²) >= 11 is 0. The molecule has 4 rings (SSSR count). The zero-order valence-electron chi connectivity index (χ0n) is 19.8. The third-order valence-electron chi connectivity index (χ3n) is 6.13. The number of pyridine rings is 1. The Morgan fingerprint density at radius 2 is 1.94 bits per heavy atom. The monoisotopic (exact) mass is 478 g/mol. The van der Waals surface area contributed by atoms with Crippen molar-refractivity contribution in [1.29, 1.82) is 0 Å². The van der Waals surface area contributed by atoms with Gasteiger partial charge in [0.2, 0.25) is 5.91 Å². The molecule has 10 nitrogen and oxygen atoms in total. The van der Waals surface area contributed by atoms with E-state index in [2.05, 4.69) is 15.6 Å². The number of likely N-dealkylation sites (tertiary alicyclic amines) is 1. The van der Waals surface area contributed by atoms with E-state index in [1.54, 1.807) is 29.6 Å². The maximum atomic E-state index is 12.9. The number of aromatic nitrogens is 3. The van der Waals surface area contributed by atoms with Gasteiger partial charge in [0.05, 0.1) is 30.4 Å². The summed E-state index contributed by atoms with van der Waals surface area (Å²) in [5, 5.41) is 5.60. The highest BCUT2D eigenvalue weighted by Gasteiger charge is 2.28. The van der Waals surface area contributed by atoms with Gasteiger partial charge in [0.1, 0.15) is 0 Å². The molecule has 0 saturated carbocycles. The number of imidazole rings is 1. The normalized spacial score (nSPS) is 14.0. The second kappa shape index (κ2) is 11.5. The molecule has 1 aliphatic heterocycles. The maximum absolute atomic E-state index is 12.9. The lowest BCUT2D eigenvalue weighted by Gasteiger charge is -2.32. The molecule has 3 amide bonds. The molecule has 2 N–H and O–H groups in total. The van der Waals surface area contributed by atoms with Gasteiger partial charge in [-0.05, 0) is 50.5 Å². The summed E-state index contributed by atoms with van der Waals surface area (Å²) < 4.78 is 7.02. The van der Waals surface area contributed by atoms with Gasteiger partial charge in [0.15, 0.2) is 5.76 Å². The highest BCUT2D eigenvalue weighted by molar-refractivity contribution is 5.95. The van der Waals surface area contributed by atoms with Crippen LogP contribution in [0.1, 0.15) is 57.5 Å². The average molecular weight is 479 g/mol. The van der Waals surface area contributed by atoms with Crippen molar-refractivity contribution in [2.24, 2.45) is 0 Å². The minimum atomic E-state index is -0.414. The van der Waals surface area contributed by atoms with Crippen molar-refractivity contribution in [3.05, 3.63) is 72.0 Å². The number of hydrogen-bond acceptors (Lipinski definition) is 6. The topological polar surface area (TPSA) is 122 Å². The number of amides is 3. The van der Waals surface area contributed by atoms with Crippen molar-refractivity contribution in [2.75, 3.05) is 26.2 Å². The summed E-state index contributed by atoms with van der Waals surface area (Å²) in [5.74, 6) is -0.422. The van der Waals surface area contributed by atoms with Crippen molar-refractivity contribution in [2.45, 2.75) is 38.6 Å². The van der Waals surface area contributed by atoms with Crippen LogP contribution in [0, 0.1) is 6.92 Å². The maximum Gasteiger partial charge on any atom is 0.287 e. The van der Waals surface area contributed by atoms with Crippen LogP contribution in [0.3, 0.4) is 0 Å². The van der Waals surface area contributed by atoms with E-state index in [1.165, 1.54) is 6.26 Å². The van der Waals surface area contributed by atoms with Crippen molar-refractivity contribution >= 4 is 17.7 Å². The molecule has 35 heavy (non-hydrogen) atoms. The van der Waals surface area contributed by atoms with Gasteiger partial charge in [0.25, 0.3) is 11.8 Å². The third-order valence-corrected chi connectivity index (χ3v) is 6.13. The predicted molar refractivity (Wildman–Crippen MR) is 128 cm³/mol. The molecule has 10 heteroatoms. The Hall–Kier alpha value is -3.95. The zero-order chi connectivity index (χ0) is 24.6. The number of nitrogens with zero attached hydrogens (tertiary/aromatic N) is 4. The van der Waals surface area contributed by atoms with E-state index in [9.17, 15) is 14.4 Å². The number of nitrogens with one attached hydrogen (secondary N) is 2. The molecule has 0 unspecified atom stereocenters. The van der Waals surface area contributed by atoms with E-state index < -0.39 is 5.91 Å². The second-order valence-electron chi connectivity index (χ2n) is 8.61. The molecular formula is C25H30N6O4. The molecule has 1 aliphatic rings. The smallest absolute Gasteiger partial charge is 0.287 e. The lowest BCUT2D eigenvalue weighted by Crippen LogP contribution is -2.44. The fraction of sp³-hybridized carbons (Fsp3) is 0.400. The number of rotatable bonds is 9. The van der Waals surface area contributed by atoms with Crippen LogP contribution in [0.5, 0.6) is 0 Å². The van der Waals surface area contributed by atoms with Gasteiger partial charge in [-0.2, -0.15) is 0 Å². The van der Waals surface area contributed by atoms with Crippen LogP contribution in [0.25, 0.3) is 0 Å². The van der Waals surface area contributed by atoms with Gasteiger partial charge in [-0.15, -0.1) is 0 Å². The van der Waals surface area contributed by atoms with E-state index in [0.717, 1.165) is 24.4 Å².